The van der Waals surface area contributed by atoms with E-state index in [0.29, 0.717) is 32.7 Å². The molecule has 2 aliphatic carbocycles. The molecule has 3 rings (SSSR count). The fourth-order valence-electron chi connectivity index (χ4n) is 3.06. The molecule has 0 aromatic carbocycles. The highest BCUT2D eigenvalue weighted by atomic mass is 16.6. The largest absolute Gasteiger partial charge is 0.462 e. The van der Waals surface area contributed by atoms with Crippen LogP contribution < -0.4 is 0 Å². The van der Waals surface area contributed by atoms with Crippen molar-refractivity contribution in [3.05, 3.63) is 0 Å². The van der Waals surface area contributed by atoms with E-state index in [1.54, 1.807) is 7.11 Å². The number of fused-ring (bicyclic) bond motifs is 2. The molecule has 2 bridgehead atoms. The molecule has 3 fully saturated rings. The first-order valence-corrected chi connectivity index (χ1v) is 6.97. The Labute approximate surface area is 112 Å². The molecule has 0 amide bonds. The molecule has 106 valence electrons. The number of rotatable bonds is 4. The Bertz CT molecular complexity index is 371. The van der Waals surface area contributed by atoms with Crippen LogP contribution in [0.2, 0.25) is 0 Å². The van der Waals surface area contributed by atoms with Gasteiger partial charge in [-0.25, -0.2) is 0 Å². The molecule has 2 atom stereocenters. The number of ether oxygens (including phenoxy) is 3. The lowest BCUT2D eigenvalue weighted by atomic mass is 9.73. The maximum absolute atomic E-state index is 12.1. The van der Waals surface area contributed by atoms with Crippen molar-refractivity contribution in [2.75, 3.05) is 26.9 Å². The summed E-state index contributed by atoms with van der Waals surface area (Å²) in [5, 5.41) is 0. The molecule has 2 unspecified atom stereocenters. The molecule has 0 aromatic heterocycles. The molecule has 5 heteroatoms. The second kappa shape index (κ2) is 4.87. The van der Waals surface area contributed by atoms with Gasteiger partial charge in [-0.15, -0.1) is 0 Å². The number of methoxy groups -OCH3 is 1. The highest BCUT2D eigenvalue weighted by Crippen LogP contribution is 2.40. The van der Waals surface area contributed by atoms with Crippen molar-refractivity contribution in [3.8, 4) is 0 Å². The molecule has 0 N–H and O–H groups in total. The quantitative estimate of drug-likeness (QED) is 0.710. The number of Topliss-reactive ketones (excluding diaryl/α,β-unsaturated/α-hetero) is 1. The predicted octanol–water partition coefficient (Wildman–Crippen LogP) is 0.950. The second-order valence-electron chi connectivity index (χ2n) is 6.00. The second-order valence-corrected chi connectivity index (χ2v) is 6.00. The van der Waals surface area contributed by atoms with E-state index in [2.05, 4.69) is 0 Å². The monoisotopic (exact) mass is 268 g/mol. The molecule has 0 aromatic rings. The van der Waals surface area contributed by atoms with Gasteiger partial charge < -0.3 is 14.2 Å². The van der Waals surface area contributed by atoms with E-state index in [9.17, 15) is 9.59 Å². The van der Waals surface area contributed by atoms with Crippen LogP contribution in [0.5, 0.6) is 0 Å². The Morgan fingerprint density at radius 1 is 1.32 bits per heavy atom. The first-order chi connectivity index (χ1) is 9.13. The highest BCUT2D eigenvalue weighted by molar-refractivity contribution is 5.87. The van der Waals surface area contributed by atoms with Crippen LogP contribution in [0.3, 0.4) is 0 Å². The van der Waals surface area contributed by atoms with Crippen LogP contribution >= 0.6 is 0 Å². The van der Waals surface area contributed by atoms with E-state index >= 15 is 0 Å². The number of ketones is 1. The van der Waals surface area contributed by atoms with E-state index in [4.69, 9.17) is 14.2 Å². The lowest BCUT2D eigenvalue weighted by Gasteiger charge is -2.36. The highest BCUT2D eigenvalue weighted by Gasteiger charge is 2.46. The zero-order valence-corrected chi connectivity index (χ0v) is 11.2. The van der Waals surface area contributed by atoms with Crippen molar-refractivity contribution in [2.45, 2.75) is 31.3 Å². The smallest absolute Gasteiger partial charge is 0.309 e. The normalized spacial score (nSPS) is 35.8. The van der Waals surface area contributed by atoms with Crippen molar-refractivity contribution in [1.82, 2.24) is 0 Å². The van der Waals surface area contributed by atoms with Gasteiger partial charge in [-0.1, -0.05) is 0 Å². The molecule has 0 radical (unpaired) electrons. The third-order valence-electron chi connectivity index (χ3n) is 4.63. The van der Waals surface area contributed by atoms with Crippen LogP contribution in [0.1, 0.15) is 25.7 Å². The molecule has 5 nitrogen and oxygen atoms in total. The van der Waals surface area contributed by atoms with Gasteiger partial charge in [-0.2, -0.15) is 0 Å². The van der Waals surface area contributed by atoms with Crippen LogP contribution in [-0.4, -0.2) is 44.3 Å². The third kappa shape index (κ3) is 2.54. The average Bonchev–Trinajstić information content (AvgIpc) is 3.16. The van der Waals surface area contributed by atoms with Gasteiger partial charge in [0.2, 0.25) is 0 Å². The Balaban J connectivity index is 1.54. The van der Waals surface area contributed by atoms with Gasteiger partial charge in [0.1, 0.15) is 18.0 Å². The number of hydrogen-bond acceptors (Lipinski definition) is 5. The van der Waals surface area contributed by atoms with Crippen LogP contribution in [0.4, 0.5) is 0 Å². The van der Waals surface area contributed by atoms with Crippen molar-refractivity contribution in [1.29, 1.82) is 0 Å². The molecule has 3 aliphatic rings. The number of carbonyl (C=O) groups is 2. The summed E-state index contributed by atoms with van der Waals surface area (Å²) in [6, 6.07) is 0. The standard InChI is InChI=1S/C14H20O5/c1-17-14(2-3-14)8-19-13(16)9-4-10-6-18-7-11(5-9)12(10)15/h9-11H,2-8H2,1H3. The summed E-state index contributed by atoms with van der Waals surface area (Å²) in [6.45, 7) is 1.26. The first kappa shape index (κ1) is 13.1. The lowest BCUT2D eigenvalue weighted by molar-refractivity contribution is -0.161. The Kier molecular flexibility index (Phi) is 3.35. The number of hydrogen-bond donors (Lipinski definition) is 0. The van der Waals surface area contributed by atoms with Crippen LogP contribution in [0, 0.1) is 17.8 Å². The summed E-state index contributed by atoms with van der Waals surface area (Å²) < 4.78 is 16.1. The number of carbonyl (C=O) groups excluding carboxylic acids is 2. The summed E-state index contributed by atoms with van der Waals surface area (Å²) in [5.41, 5.74) is -0.223. The molecule has 1 heterocycles. The van der Waals surface area contributed by atoms with E-state index in [1.807, 2.05) is 0 Å². The summed E-state index contributed by atoms with van der Waals surface area (Å²) in [7, 11) is 1.65. The van der Waals surface area contributed by atoms with E-state index in [1.165, 1.54) is 0 Å². The SMILES string of the molecule is COC1(COC(=O)C2CC3COCC(C2)C3=O)CC1. The minimum atomic E-state index is -0.223. The van der Waals surface area contributed by atoms with Crippen molar-refractivity contribution in [3.63, 3.8) is 0 Å². The van der Waals surface area contributed by atoms with Crippen molar-refractivity contribution in [2.24, 2.45) is 17.8 Å². The fourth-order valence-corrected chi connectivity index (χ4v) is 3.06. The minimum absolute atomic E-state index is 0.109. The van der Waals surface area contributed by atoms with E-state index in [0.717, 1.165) is 12.8 Å². The molecule has 0 spiro atoms. The molecule has 19 heavy (non-hydrogen) atoms. The average molecular weight is 268 g/mol. The molecule has 1 aliphatic heterocycles. The van der Waals surface area contributed by atoms with Crippen molar-refractivity contribution >= 4 is 11.8 Å². The maximum atomic E-state index is 12.1. The van der Waals surface area contributed by atoms with Gasteiger partial charge in [-0.3, -0.25) is 9.59 Å². The summed E-state index contributed by atoms with van der Waals surface area (Å²) >= 11 is 0. The first-order valence-electron chi connectivity index (χ1n) is 6.97. The van der Waals surface area contributed by atoms with Crippen LogP contribution in [0.15, 0.2) is 0 Å². The Hall–Kier alpha value is -0.940. The zero-order chi connectivity index (χ0) is 13.5. The Morgan fingerprint density at radius 3 is 2.47 bits per heavy atom. The van der Waals surface area contributed by atoms with E-state index in [-0.39, 0.29) is 35.1 Å². The third-order valence-corrected chi connectivity index (χ3v) is 4.63. The van der Waals surface area contributed by atoms with Gasteiger partial charge >= 0.3 is 5.97 Å². The van der Waals surface area contributed by atoms with E-state index < -0.39 is 0 Å². The summed E-state index contributed by atoms with van der Waals surface area (Å²) in [4.78, 5) is 24.0. The van der Waals surface area contributed by atoms with Crippen molar-refractivity contribution < 1.29 is 23.8 Å². The van der Waals surface area contributed by atoms with Crippen LogP contribution in [-0.2, 0) is 23.8 Å². The Morgan fingerprint density at radius 2 is 1.95 bits per heavy atom. The fraction of sp³-hybridized carbons (Fsp3) is 0.857. The molecular formula is C14H20O5. The lowest BCUT2D eigenvalue weighted by Crippen LogP contribution is -2.44. The minimum Gasteiger partial charge on any atom is -0.462 e. The van der Waals surface area contributed by atoms with Gasteiger partial charge in [0, 0.05) is 18.9 Å². The van der Waals surface area contributed by atoms with Gasteiger partial charge in [0.15, 0.2) is 0 Å². The predicted molar refractivity (Wildman–Crippen MR) is 65.5 cm³/mol. The van der Waals surface area contributed by atoms with Crippen LogP contribution in [0.25, 0.3) is 0 Å². The summed E-state index contributed by atoms with van der Waals surface area (Å²) in [6.07, 6.45) is 3.07. The molecule has 2 saturated carbocycles. The van der Waals surface area contributed by atoms with Gasteiger partial charge in [-0.05, 0) is 25.7 Å². The number of esters is 1. The zero-order valence-electron chi connectivity index (χ0n) is 11.2. The maximum Gasteiger partial charge on any atom is 0.309 e. The van der Waals surface area contributed by atoms with Gasteiger partial charge in [0.25, 0.3) is 0 Å². The molecular weight excluding hydrogens is 248 g/mol. The summed E-state index contributed by atoms with van der Waals surface area (Å²) in [5.74, 6) is -0.271. The topological polar surface area (TPSA) is 61.8 Å². The molecule has 1 saturated heterocycles. The van der Waals surface area contributed by atoms with Gasteiger partial charge in [0.05, 0.1) is 19.1 Å².